The zero-order valence-corrected chi connectivity index (χ0v) is 12.6. The first-order valence-corrected chi connectivity index (χ1v) is 8.17. The lowest BCUT2D eigenvalue weighted by Gasteiger charge is -2.42. The SMILES string of the molecule is O=C(N[C@@H]1C=C[C@H](CO)C1)C1(N2CCOCC2)CCCC1. The molecule has 0 aromatic carbocycles. The quantitative estimate of drug-likeness (QED) is 0.749. The van der Waals surface area contributed by atoms with Crippen molar-refractivity contribution in [1.82, 2.24) is 10.2 Å². The van der Waals surface area contributed by atoms with E-state index in [1.807, 2.05) is 12.2 Å². The van der Waals surface area contributed by atoms with Crippen molar-refractivity contribution in [3.05, 3.63) is 12.2 Å². The number of carbonyl (C=O) groups excluding carboxylic acids is 1. The number of hydrogen-bond donors (Lipinski definition) is 2. The van der Waals surface area contributed by atoms with E-state index in [1.165, 1.54) is 0 Å². The van der Waals surface area contributed by atoms with Gasteiger partial charge >= 0.3 is 0 Å². The van der Waals surface area contributed by atoms with E-state index in [9.17, 15) is 9.90 Å². The molecule has 5 nitrogen and oxygen atoms in total. The average molecular weight is 294 g/mol. The molecular weight excluding hydrogens is 268 g/mol. The first-order chi connectivity index (χ1) is 10.2. The van der Waals surface area contributed by atoms with E-state index in [-0.39, 0.29) is 30.0 Å². The maximum absolute atomic E-state index is 12.9. The molecule has 0 aromatic heterocycles. The Morgan fingerprint density at radius 1 is 1.29 bits per heavy atom. The number of ether oxygens (including phenoxy) is 1. The van der Waals surface area contributed by atoms with Crippen molar-refractivity contribution in [3.63, 3.8) is 0 Å². The summed E-state index contributed by atoms with van der Waals surface area (Å²) in [7, 11) is 0. The summed E-state index contributed by atoms with van der Waals surface area (Å²) in [6.07, 6.45) is 9.04. The number of aliphatic hydroxyl groups excluding tert-OH is 1. The van der Waals surface area contributed by atoms with Gasteiger partial charge in [0.1, 0.15) is 5.54 Å². The molecule has 0 aromatic rings. The van der Waals surface area contributed by atoms with Crippen molar-refractivity contribution in [3.8, 4) is 0 Å². The van der Waals surface area contributed by atoms with Gasteiger partial charge in [-0.1, -0.05) is 25.0 Å². The fourth-order valence-electron chi connectivity index (χ4n) is 3.96. The maximum Gasteiger partial charge on any atom is 0.240 e. The van der Waals surface area contributed by atoms with Crippen LogP contribution in [0.15, 0.2) is 12.2 Å². The van der Waals surface area contributed by atoms with Crippen LogP contribution in [0.1, 0.15) is 32.1 Å². The molecule has 1 heterocycles. The summed E-state index contributed by atoms with van der Waals surface area (Å²) in [6, 6.07) is 0.0770. The molecule has 2 atom stereocenters. The summed E-state index contributed by atoms with van der Waals surface area (Å²) in [5, 5.41) is 12.4. The van der Waals surface area contributed by atoms with Gasteiger partial charge in [0, 0.05) is 31.7 Å². The van der Waals surface area contributed by atoms with Gasteiger partial charge in [-0.05, 0) is 19.3 Å². The molecule has 0 bridgehead atoms. The summed E-state index contributed by atoms with van der Waals surface area (Å²) < 4.78 is 5.43. The lowest BCUT2D eigenvalue weighted by Crippen LogP contribution is -2.61. The minimum atomic E-state index is -0.324. The van der Waals surface area contributed by atoms with Crippen LogP contribution < -0.4 is 5.32 Å². The van der Waals surface area contributed by atoms with Crippen LogP contribution in [0.4, 0.5) is 0 Å². The van der Waals surface area contributed by atoms with Gasteiger partial charge in [0.25, 0.3) is 0 Å². The third-order valence-corrected chi connectivity index (χ3v) is 5.19. The van der Waals surface area contributed by atoms with E-state index in [1.54, 1.807) is 0 Å². The molecular formula is C16H26N2O3. The molecule has 21 heavy (non-hydrogen) atoms. The first kappa shape index (κ1) is 15.0. The Kier molecular flexibility index (Phi) is 4.62. The Balaban J connectivity index is 1.66. The van der Waals surface area contributed by atoms with Crippen LogP contribution in [0, 0.1) is 5.92 Å². The fraction of sp³-hybridized carbons (Fsp3) is 0.812. The third kappa shape index (κ3) is 3.00. The number of nitrogens with zero attached hydrogens (tertiary/aromatic N) is 1. The highest BCUT2D eigenvalue weighted by atomic mass is 16.5. The highest BCUT2D eigenvalue weighted by molar-refractivity contribution is 5.87. The van der Waals surface area contributed by atoms with Gasteiger partial charge in [0.2, 0.25) is 5.91 Å². The Labute approximate surface area is 126 Å². The van der Waals surface area contributed by atoms with Gasteiger partial charge in [-0.3, -0.25) is 9.69 Å². The Hall–Kier alpha value is -0.910. The van der Waals surface area contributed by atoms with Gasteiger partial charge < -0.3 is 15.2 Å². The molecule has 1 aliphatic heterocycles. The van der Waals surface area contributed by atoms with E-state index >= 15 is 0 Å². The standard InChI is InChI=1S/C16H26N2O3/c19-12-13-3-4-14(11-13)17-15(20)16(5-1-2-6-16)18-7-9-21-10-8-18/h3-4,13-14,19H,1-2,5-12H2,(H,17,20)/t13-,14+/m0/s1. The second-order valence-corrected chi connectivity index (χ2v) is 6.48. The fourth-order valence-corrected chi connectivity index (χ4v) is 3.96. The molecule has 5 heteroatoms. The summed E-state index contributed by atoms with van der Waals surface area (Å²) in [4.78, 5) is 15.3. The molecule has 1 saturated carbocycles. The average Bonchev–Trinajstić information content (AvgIpc) is 3.18. The van der Waals surface area contributed by atoms with Crippen molar-refractivity contribution in [2.75, 3.05) is 32.9 Å². The summed E-state index contributed by atoms with van der Waals surface area (Å²) in [5.74, 6) is 0.369. The summed E-state index contributed by atoms with van der Waals surface area (Å²) >= 11 is 0. The number of hydrogen-bond acceptors (Lipinski definition) is 4. The number of amides is 1. The lowest BCUT2D eigenvalue weighted by molar-refractivity contribution is -0.137. The second-order valence-electron chi connectivity index (χ2n) is 6.48. The molecule has 1 saturated heterocycles. The number of rotatable bonds is 4. The van der Waals surface area contributed by atoms with Gasteiger partial charge in [-0.2, -0.15) is 0 Å². The first-order valence-electron chi connectivity index (χ1n) is 8.17. The summed E-state index contributed by atoms with van der Waals surface area (Å²) in [6.45, 7) is 3.33. The van der Waals surface area contributed by atoms with Crippen LogP contribution in [-0.4, -0.2) is 60.4 Å². The van der Waals surface area contributed by atoms with Gasteiger partial charge in [0.15, 0.2) is 0 Å². The van der Waals surface area contributed by atoms with Crippen LogP contribution in [0.5, 0.6) is 0 Å². The summed E-state index contributed by atoms with van der Waals surface area (Å²) in [5.41, 5.74) is -0.324. The molecule has 3 aliphatic rings. The number of carbonyl (C=O) groups is 1. The van der Waals surface area contributed by atoms with Gasteiger partial charge in [0.05, 0.1) is 13.2 Å². The van der Waals surface area contributed by atoms with Crippen LogP contribution in [0.25, 0.3) is 0 Å². The molecule has 3 rings (SSSR count). The smallest absolute Gasteiger partial charge is 0.240 e. The molecule has 1 amide bonds. The zero-order chi connectivity index (χ0) is 14.7. The number of aliphatic hydroxyl groups is 1. The van der Waals surface area contributed by atoms with Crippen molar-refractivity contribution < 1.29 is 14.6 Å². The zero-order valence-electron chi connectivity index (χ0n) is 12.6. The van der Waals surface area contributed by atoms with Crippen molar-refractivity contribution in [2.24, 2.45) is 5.92 Å². The van der Waals surface area contributed by atoms with Crippen LogP contribution in [0.3, 0.4) is 0 Å². The van der Waals surface area contributed by atoms with Gasteiger partial charge in [-0.15, -0.1) is 0 Å². The molecule has 2 fully saturated rings. The van der Waals surface area contributed by atoms with Gasteiger partial charge in [-0.25, -0.2) is 0 Å². The van der Waals surface area contributed by atoms with Crippen molar-refractivity contribution in [2.45, 2.75) is 43.7 Å². The molecule has 2 aliphatic carbocycles. The molecule has 0 spiro atoms. The minimum Gasteiger partial charge on any atom is -0.396 e. The van der Waals surface area contributed by atoms with Crippen molar-refractivity contribution >= 4 is 5.91 Å². The highest BCUT2D eigenvalue weighted by Crippen LogP contribution is 2.36. The van der Waals surface area contributed by atoms with Crippen LogP contribution >= 0.6 is 0 Å². The number of morpholine rings is 1. The van der Waals surface area contributed by atoms with E-state index in [0.29, 0.717) is 0 Å². The van der Waals surface area contributed by atoms with E-state index in [2.05, 4.69) is 10.2 Å². The third-order valence-electron chi connectivity index (χ3n) is 5.19. The van der Waals surface area contributed by atoms with E-state index in [0.717, 1.165) is 58.4 Å². The van der Waals surface area contributed by atoms with E-state index in [4.69, 9.17) is 4.74 Å². The maximum atomic E-state index is 12.9. The van der Waals surface area contributed by atoms with Crippen LogP contribution in [-0.2, 0) is 9.53 Å². The molecule has 0 unspecified atom stereocenters. The highest BCUT2D eigenvalue weighted by Gasteiger charge is 2.46. The molecule has 0 radical (unpaired) electrons. The second kappa shape index (κ2) is 6.46. The predicted molar refractivity (Wildman–Crippen MR) is 79.9 cm³/mol. The number of nitrogens with one attached hydrogen (secondary N) is 1. The van der Waals surface area contributed by atoms with Crippen LogP contribution in [0.2, 0.25) is 0 Å². The topological polar surface area (TPSA) is 61.8 Å². The predicted octanol–water partition coefficient (Wildman–Crippen LogP) is 0.685. The molecule has 2 N–H and O–H groups in total. The van der Waals surface area contributed by atoms with Crippen molar-refractivity contribution in [1.29, 1.82) is 0 Å². The largest absolute Gasteiger partial charge is 0.396 e. The Morgan fingerprint density at radius 2 is 2.00 bits per heavy atom. The Morgan fingerprint density at radius 3 is 2.62 bits per heavy atom. The minimum absolute atomic E-state index is 0.0770. The molecule has 118 valence electrons. The Bertz CT molecular complexity index is 398. The lowest BCUT2D eigenvalue weighted by atomic mass is 9.92. The normalized spacial score (nSPS) is 32.4. The monoisotopic (exact) mass is 294 g/mol. The van der Waals surface area contributed by atoms with E-state index < -0.39 is 0 Å².